The van der Waals surface area contributed by atoms with E-state index in [9.17, 15) is 4.79 Å². The lowest BCUT2D eigenvalue weighted by Gasteiger charge is -2.28. The highest BCUT2D eigenvalue weighted by atomic mass is 28.4. The largest absolute Gasteiger partial charge is 0.500 e. The summed E-state index contributed by atoms with van der Waals surface area (Å²) >= 11 is 0. The Kier molecular flexibility index (Phi) is 9.29. The van der Waals surface area contributed by atoms with Gasteiger partial charge in [-0.3, -0.25) is 4.79 Å². The fraction of sp³-hybridized carbons (Fsp3) is 0.929. The van der Waals surface area contributed by atoms with Crippen molar-refractivity contribution in [1.29, 1.82) is 0 Å². The van der Waals surface area contributed by atoms with Crippen LogP contribution in [0.2, 0.25) is 6.04 Å². The maximum Gasteiger partial charge on any atom is 0.500 e. The third kappa shape index (κ3) is 8.68. The van der Waals surface area contributed by atoms with Crippen LogP contribution in [0, 0.1) is 0 Å². The van der Waals surface area contributed by atoms with Gasteiger partial charge in [0, 0.05) is 37.8 Å². The second-order valence-corrected chi connectivity index (χ2v) is 8.37. The Morgan fingerprint density at radius 2 is 1.45 bits per heavy atom. The molecule has 1 N–H and O–H groups in total. The van der Waals surface area contributed by atoms with Gasteiger partial charge in [-0.1, -0.05) is 0 Å². The number of hydrogen-bond acceptors (Lipinski definition) is 4. The second-order valence-electron chi connectivity index (χ2n) is 5.63. The summed E-state index contributed by atoms with van der Waals surface area (Å²) in [7, 11) is -2.60. The van der Waals surface area contributed by atoms with Gasteiger partial charge in [0.05, 0.1) is 0 Å². The number of hydrogen-bond donors (Lipinski definition) is 1. The van der Waals surface area contributed by atoms with Gasteiger partial charge in [0.15, 0.2) is 0 Å². The first-order chi connectivity index (χ1) is 9.28. The summed E-state index contributed by atoms with van der Waals surface area (Å²) < 4.78 is 17.3. The molecule has 0 bridgehead atoms. The van der Waals surface area contributed by atoms with Crippen LogP contribution in [0.3, 0.4) is 0 Å². The van der Waals surface area contributed by atoms with Gasteiger partial charge in [-0.25, -0.2) is 0 Å². The molecular formula is C14H31NO4Si. The van der Waals surface area contributed by atoms with E-state index in [1.165, 1.54) is 0 Å². The zero-order valence-electron chi connectivity index (χ0n) is 13.9. The van der Waals surface area contributed by atoms with Crippen molar-refractivity contribution < 1.29 is 18.1 Å². The number of rotatable bonds is 10. The van der Waals surface area contributed by atoms with Crippen LogP contribution in [-0.4, -0.2) is 40.1 Å². The molecule has 0 unspecified atom stereocenters. The standard InChI is InChI=1S/C14H31NO4Si/c1-7-17-20(18-8-2,19-9-3)12-10-11-13(16)15-14(4,5)6/h7-12H2,1-6H3,(H,15,16). The van der Waals surface area contributed by atoms with E-state index in [0.29, 0.717) is 38.7 Å². The van der Waals surface area contributed by atoms with E-state index in [-0.39, 0.29) is 11.4 Å². The van der Waals surface area contributed by atoms with Crippen molar-refractivity contribution in [3.8, 4) is 0 Å². The molecule has 0 rings (SSSR count). The van der Waals surface area contributed by atoms with E-state index < -0.39 is 8.80 Å². The van der Waals surface area contributed by atoms with Crippen molar-refractivity contribution in [2.45, 2.75) is 66.0 Å². The Labute approximate surface area is 124 Å². The topological polar surface area (TPSA) is 56.8 Å². The first-order valence-corrected chi connectivity index (χ1v) is 9.44. The average molecular weight is 305 g/mol. The van der Waals surface area contributed by atoms with Gasteiger partial charge in [-0.2, -0.15) is 0 Å². The lowest BCUT2D eigenvalue weighted by Crippen LogP contribution is -2.46. The van der Waals surface area contributed by atoms with E-state index in [1.807, 2.05) is 41.5 Å². The SMILES string of the molecule is CCO[Si](CCCC(=O)NC(C)(C)C)(OCC)OCC. The number of carbonyl (C=O) groups is 1. The third-order valence-corrected chi connectivity index (χ3v) is 5.65. The number of carbonyl (C=O) groups excluding carboxylic acids is 1. The number of amides is 1. The van der Waals surface area contributed by atoms with Gasteiger partial charge in [-0.05, 0) is 48.0 Å². The molecule has 0 spiro atoms. The van der Waals surface area contributed by atoms with E-state index in [2.05, 4.69) is 5.32 Å². The highest BCUT2D eigenvalue weighted by molar-refractivity contribution is 6.60. The van der Waals surface area contributed by atoms with Crippen LogP contribution in [0.25, 0.3) is 0 Å². The van der Waals surface area contributed by atoms with Crippen LogP contribution >= 0.6 is 0 Å². The molecule has 0 aliphatic heterocycles. The van der Waals surface area contributed by atoms with Crippen molar-refractivity contribution in [3.05, 3.63) is 0 Å². The van der Waals surface area contributed by atoms with Crippen LogP contribution < -0.4 is 5.32 Å². The molecule has 0 heterocycles. The van der Waals surface area contributed by atoms with Crippen molar-refractivity contribution in [2.24, 2.45) is 0 Å². The molecular weight excluding hydrogens is 274 g/mol. The summed E-state index contributed by atoms with van der Waals surface area (Å²) in [6, 6.07) is 0.681. The predicted octanol–water partition coefficient (Wildman–Crippen LogP) is 2.73. The fourth-order valence-electron chi connectivity index (χ4n) is 1.95. The summed E-state index contributed by atoms with van der Waals surface area (Å²) in [5.74, 6) is 0.0601. The fourth-order valence-corrected chi connectivity index (χ4v) is 4.56. The Morgan fingerprint density at radius 3 is 1.80 bits per heavy atom. The Bertz CT molecular complexity index is 262. The molecule has 0 saturated heterocycles. The summed E-state index contributed by atoms with van der Waals surface area (Å²) in [6.07, 6.45) is 1.19. The molecule has 0 saturated carbocycles. The van der Waals surface area contributed by atoms with Gasteiger partial charge < -0.3 is 18.6 Å². The van der Waals surface area contributed by atoms with Gasteiger partial charge in [0.25, 0.3) is 0 Å². The van der Waals surface area contributed by atoms with E-state index >= 15 is 0 Å². The highest BCUT2D eigenvalue weighted by Gasteiger charge is 2.39. The van der Waals surface area contributed by atoms with Crippen molar-refractivity contribution in [2.75, 3.05) is 19.8 Å². The maximum absolute atomic E-state index is 11.8. The predicted molar refractivity (Wildman–Crippen MR) is 82.6 cm³/mol. The first-order valence-electron chi connectivity index (χ1n) is 7.51. The molecule has 0 fully saturated rings. The zero-order chi connectivity index (χ0) is 15.6. The van der Waals surface area contributed by atoms with Crippen LogP contribution in [0.4, 0.5) is 0 Å². The van der Waals surface area contributed by atoms with Crippen molar-refractivity contribution in [3.63, 3.8) is 0 Å². The molecule has 0 atom stereocenters. The lowest BCUT2D eigenvalue weighted by atomic mass is 10.1. The number of nitrogens with one attached hydrogen (secondary N) is 1. The molecule has 5 nitrogen and oxygen atoms in total. The normalized spacial score (nSPS) is 12.5. The average Bonchev–Trinajstić information content (AvgIpc) is 2.27. The molecule has 0 aromatic rings. The zero-order valence-corrected chi connectivity index (χ0v) is 14.9. The van der Waals surface area contributed by atoms with Gasteiger partial charge in [0.1, 0.15) is 0 Å². The molecule has 1 amide bonds. The highest BCUT2D eigenvalue weighted by Crippen LogP contribution is 2.19. The minimum Gasteiger partial charge on any atom is -0.374 e. The van der Waals surface area contributed by atoms with Crippen LogP contribution in [0.15, 0.2) is 0 Å². The molecule has 0 aromatic heterocycles. The maximum atomic E-state index is 11.8. The molecule has 0 radical (unpaired) electrons. The summed E-state index contributed by atoms with van der Waals surface area (Å²) in [4.78, 5) is 11.8. The van der Waals surface area contributed by atoms with E-state index in [1.54, 1.807) is 0 Å². The lowest BCUT2D eigenvalue weighted by molar-refractivity contribution is -0.122. The Hall–Kier alpha value is -0.433. The summed E-state index contributed by atoms with van der Waals surface area (Å²) in [6.45, 7) is 13.4. The van der Waals surface area contributed by atoms with Crippen molar-refractivity contribution >= 4 is 14.7 Å². The quantitative estimate of drug-likeness (QED) is 0.631. The Morgan fingerprint density at radius 1 is 1.00 bits per heavy atom. The minimum absolute atomic E-state index is 0.0601. The molecule has 20 heavy (non-hydrogen) atoms. The van der Waals surface area contributed by atoms with Crippen LogP contribution in [0.5, 0.6) is 0 Å². The van der Waals surface area contributed by atoms with Gasteiger partial charge in [0.2, 0.25) is 5.91 Å². The first kappa shape index (κ1) is 19.6. The third-order valence-electron chi connectivity index (χ3n) is 2.49. The molecule has 0 aromatic carbocycles. The van der Waals surface area contributed by atoms with Crippen LogP contribution in [-0.2, 0) is 18.1 Å². The summed E-state index contributed by atoms with van der Waals surface area (Å²) in [5.41, 5.74) is -0.189. The van der Waals surface area contributed by atoms with E-state index in [0.717, 1.165) is 0 Å². The monoisotopic (exact) mass is 305 g/mol. The Balaban J connectivity index is 4.34. The summed E-state index contributed by atoms with van der Waals surface area (Å²) in [5, 5.41) is 2.96. The minimum atomic E-state index is -2.60. The van der Waals surface area contributed by atoms with Crippen LogP contribution in [0.1, 0.15) is 54.4 Å². The molecule has 0 aliphatic carbocycles. The van der Waals surface area contributed by atoms with Gasteiger partial charge >= 0.3 is 8.80 Å². The molecule has 0 aliphatic rings. The van der Waals surface area contributed by atoms with E-state index in [4.69, 9.17) is 13.3 Å². The van der Waals surface area contributed by atoms with Gasteiger partial charge in [-0.15, -0.1) is 0 Å². The molecule has 120 valence electrons. The smallest absolute Gasteiger partial charge is 0.374 e. The second kappa shape index (κ2) is 9.49. The van der Waals surface area contributed by atoms with Crippen molar-refractivity contribution in [1.82, 2.24) is 5.32 Å². The molecule has 6 heteroatoms.